The summed E-state index contributed by atoms with van der Waals surface area (Å²) in [6.45, 7) is 1.79. The number of rotatable bonds is 0. The minimum absolute atomic E-state index is 0.0469. The van der Waals surface area contributed by atoms with Crippen LogP contribution < -0.4 is 0 Å². The van der Waals surface area contributed by atoms with Crippen molar-refractivity contribution >= 4 is 0 Å². The van der Waals surface area contributed by atoms with E-state index in [1.807, 2.05) is 0 Å². The zero-order valence-corrected chi connectivity index (χ0v) is 5.26. The standard InChI is InChI=1S/C7H9FO/c1-5-2-3-6(9)4-7(5)8/h3-5,9H,2H2,1H3. The Morgan fingerprint density at radius 2 is 2.44 bits per heavy atom. The van der Waals surface area contributed by atoms with Gasteiger partial charge in [-0.2, -0.15) is 0 Å². The summed E-state index contributed by atoms with van der Waals surface area (Å²) in [4.78, 5) is 0. The van der Waals surface area contributed by atoms with E-state index in [1.165, 1.54) is 0 Å². The van der Waals surface area contributed by atoms with Crippen LogP contribution in [0.4, 0.5) is 4.39 Å². The molecule has 0 radical (unpaired) electrons. The maximum absolute atomic E-state index is 12.5. The highest BCUT2D eigenvalue weighted by atomic mass is 19.1. The fraction of sp³-hybridized carbons (Fsp3) is 0.429. The first-order valence-electron chi connectivity index (χ1n) is 2.96. The molecule has 0 bridgehead atoms. The number of halogens is 1. The van der Waals surface area contributed by atoms with Gasteiger partial charge in [0.05, 0.1) is 0 Å². The Hall–Kier alpha value is -0.790. The lowest BCUT2D eigenvalue weighted by molar-refractivity contribution is 0.400. The van der Waals surface area contributed by atoms with Crippen molar-refractivity contribution in [3.05, 3.63) is 23.7 Å². The van der Waals surface area contributed by atoms with E-state index in [1.54, 1.807) is 13.0 Å². The third kappa shape index (κ3) is 1.31. The predicted molar refractivity (Wildman–Crippen MR) is 33.7 cm³/mol. The minimum Gasteiger partial charge on any atom is -0.508 e. The van der Waals surface area contributed by atoms with Crippen molar-refractivity contribution in [1.82, 2.24) is 0 Å². The number of aliphatic hydroxyl groups excluding tert-OH is 1. The van der Waals surface area contributed by atoms with Gasteiger partial charge < -0.3 is 5.11 Å². The van der Waals surface area contributed by atoms with E-state index in [0.29, 0.717) is 6.42 Å². The lowest BCUT2D eigenvalue weighted by Gasteiger charge is -2.09. The monoisotopic (exact) mass is 128 g/mol. The topological polar surface area (TPSA) is 20.2 Å². The van der Waals surface area contributed by atoms with Gasteiger partial charge >= 0.3 is 0 Å². The van der Waals surface area contributed by atoms with Gasteiger partial charge in [0.2, 0.25) is 0 Å². The number of hydrogen-bond donors (Lipinski definition) is 1. The van der Waals surface area contributed by atoms with Gasteiger partial charge in [-0.05, 0) is 12.5 Å². The Balaban J connectivity index is 2.74. The molecule has 1 aliphatic carbocycles. The first-order valence-corrected chi connectivity index (χ1v) is 2.96. The summed E-state index contributed by atoms with van der Waals surface area (Å²) in [7, 11) is 0. The Kier molecular flexibility index (Phi) is 1.56. The molecule has 0 fully saturated rings. The molecule has 1 N–H and O–H groups in total. The summed E-state index contributed by atoms with van der Waals surface area (Å²) in [5.41, 5.74) is 0. The molecule has 1 atom stereocenters. The molecule has 0 saturated carbocycles. The Labute approximate surface area is 53.5 Å². The van der Waals surface area contributed by atoms with E-state index < -0.39 is 0 Å². The van der Waals surface area contributed by atoms with Crippen LogP contribution in [0.15, 0.2) is 23.7 Å². The highest BCUT2D eigenvalue weighted by Gasteiger charge is 2.11. The summed E-state index contributed by atoms with van der Waals surface area (Å²) >= 11 is 0. The second-order valence-corrected chi connectivity index (χ2v) is 2.29. The van der Waals surface area contributed by atoms with Crippen molar-refractivity contribution < 1.29 is 9.50 Å². The van der Waals surface area contributed by atoms with Gasteiger partial charge in [-0.25, -0.2) is 4.39 Å². The van der Waals surface area contributed by atoms with Crippen LogP contribution in [-0.4, -0.2) is 5.11 Å². The van der Waals surface area contributed by atoms with Crippen molar-refractivity contribution in [1.29, 1.82) is 0 Å². The molecule has 1 unspecified atom stereocenters. The van der Waals surface area contributed by atoms with E-state index in [4.69, 9.17) is 5.11 Å². The van der Waals surface area contributed by atoms with Crippen molar-refractivity contribution in [2.45, 2.75) is 13.3 Å². The fourth-order valence-electron chi connectivity index (χ4n) is 0.753. The van der Waals surface area contributed by atoms with E-state index in [-0.39, 0.29) is 17.5 Å². The van der Waals surface area contributed by atoms with E-state index >= 15 is 0 Å². The predicted octanol–water partition coefficient (Wildman–Crippen LogP) is 2.32. The summed E-state index contributed by atoms with van der Waals surface area (Å²) in [5, 5.41) is 8.74. The zero-order chi connectivity index (χ0) is 6.85. The van der Waals surface area contributed by atoms with Crippen LogP contribution >= 0.6 is 0 Å². The summed E-state index contributed by atoms with van der Waals surface area (Å²) in [5.74, 6) is -0.235. The summed E-state index contributed by atoms with van der Waals surface area (Å²) < 4.78 is 12.5. The van der Waals surface area contributed by atoms with Gasteiger partial charge in [0.1, 0.15) is 11.6 Å². The molecule has 0 aromatic heterocycles. The SMILES string of the molecule is CC1CC=C(O)C=C1F. The lowest BCUT2D eigenvalue weighted by atomic mass is 10.0. The average molecular weight is 128 g/mol. The van der Waals surface area contributed by atoms with Gasteiger partial charge in [-0.15, -0.1) is 0 Å². The second-order valence-electron chi connectivity index (χ2n) is 2.29. The number of aliphatic hydroxyl groups is 1. The molecule has 0 spiro atoms. The van der Waals surface area contributed by atoms with Gasteiger partial charge in [0.25, 0.3) is 0 Å². The molecule has 1 rings (SSSR count). The second kappa shape index (κ2) is 2.21. The van der Waals surface area contributed by atoms with Crippen molar-refractivity contribution in [3.8, 4) is 0 Å². The maximum atomic E-state index is 12.5. The van der Waals surface area contributed by atoms with Crippen LogP contribution in [0, 0.1) is 5.92 Å². The van der Waals surface area contributed by atoms with Crippen LogP contribution in [0.1, 0.15) is 13.3 Å². The molecule has 2 heteroatoms. The molecule has 50 valence electrons. The first kappa shape index (κ1) is 6.33. The average Bonchev–Trinajstić information content (AvgIpc) is 1.80. The normalized spacial score (nSPS) is 27.1. The summed E-state index contributed by atoms with van der Waals surface area (Å²) in [6, 6.07) is 0. The Bertz CT molecular complexity index is 170. The van der Waals surface area contributed by atoms with Gasteiger partial charge in [0.15, 0.2) is 0 Å². The molecular weight excluding hydrogens is 119 g/mol. The van der Waals surface area contributed by atoms with Crippen molar-refractivity contribution in [3.63, 3.8) is 0 Å². The third-order valence-electron chi connectivity index (χ3n) is 1.44. The third-order valence-corrected chi connectivity index (χ3v) is 1.44. The van der Waals surface area contributed by atoms with Gasteiger partial charge in [-0.3, -0.25) is 0 Å². The quantitative estimate of drug-likeness (QED) is 0.530. The molecule has 0 aromatic carbocycles. The summed E-state index contributed by atoms with van der Waals surface area (Å²) in [6.07, 6.45) is 3.38. The lowest BCUT2D eigenvalue weighted by Crippen LogP contribution is -1.99. The molecule has 0 saturated heterocycles. The van der Waals surface area contributed by atoms with Crippen LogP contribution in [0.2, 0.25) is 0 Å². The molecular formula is C7H9FO. The number of hydrogen-bond acceptors (Lipinski definition) is 1. The minimum atomic E-state index is -0.227. The molecule has 1 nitrogen and oxygen atoms in total. The van der Waals surface area contributed by atoms with Gasteiger partial charge in [-0.1, -0.05) is 6.92 Å². The molecule has 0 aromatic rings. The highest BCUT2D eigenvalue weighted by molar-refractivity contribution is 5.20. The number of allylic oxidation sites excluding steroid dienone is 3. The van der Waals surface area contributed by atoms with Crippen LogP contribution in [0.25, 0.3) is 0 Å². The maximum Gasteiger partial charge on any atom is 0.114 e. The van der Waals surface area contributed by atoms with E-state index in [0.717, 1.165) is 6.08 Å². The smallest absolute Gasteiger partial charge is 0.114 e. The largest absolute Gasteiger partial charge is 0.508 e. The Morgan fingerprint density at radius 1 is 1.78 bits per heavy atom. The van der Waals surface area contributed by atoms with Crippen molar-refractivity contribution in [2.75, 3.05) is 0 Å². The van der Waals surface area contributed by atoms with Crippen LogP contribution in [-0.2, 0) is 0 Å². The van der Waals surface area contributed by atoms with Crippen LogP contribution in [0.3, 0.4) is 0 Å². The molecule has 1 aliphatic rings. The molecule has 0 aliphatic heterocycles. The van der Waals surface area contributed by atoms with Gasteiger partial charge in [0, 0.05) is 12.0 Å². The van der Waals surface area contributed by atoms with Crippen molar-refractivity contribution in [2.24, 2.45) is 5.92 Å². The van der Waals surface area contributed by atoms with E-state index in [9.17, 15) is 4.39 Å². The highest BCUT2D eigenvalue weighted by Crippen LogP contribution is 2.22. The molecule has 0 amide bonds. The zero-order valence-electron chi connectivity index (χ0n) is 5.26. The molecule has 0 heterocycles. The molecule has 9 heavy (non-hydrogen) atoms. The van der Waals surface area contributed by atoms with Crippen LogP contribution in [0.5, 0.6) is 0 Å². The Morgan fingerprint density at radius 3 is 2.89 bits per heavy atom. The van der Waals surface area contributed by atoms with E-state index in [2.05, 4.69) is 0 Å². The fourth-order valence-corrected chi connectivity index (χ4v) is 0.753. The first-order chi connectivity index (χ1) is 4.20.